The van der Waals surface area contributed by atoms with Crippen LogP contribution in [0.25, 0.3) is 0 Å². The third kappa shape index (κ3) is 5.57. The van der Waals surface area contributed by atoms with Crippen LogP contribution in [-0.4, -0.2) is 47.2 Å². The van der Waals surface area contributed by atoms with E-state index in [2.05, 4.69) is 0 Å². The first-order valence-corrected chi connectivity index (χ1v) is 7.51. The van der Waals surface area contributed by atoms with Crippen molar-refractivity contribution in [1.29, 1.82) is 0 Å². The SMILES string of the molecule is Cl.Cl.NCCC1(O)CCN(C(=O)C2CCC(N)CC2)CC1. The van der Waals surface area contributed by atoms with Crippen LogP contribution in [0.1, 0.15) is 44.9 Å². The summed E-state index contributed by atoms with van der Waals surface area (Å²) >= 11 is 0. The fraction of sp³-hybridized carbons (Fsp3) is 0.929. The quantitative estimate of drug-likeness (QED) is 0.715. The minimum absolute atomic E-state index is 0. The number of halogens is 2. The van der Waals surface area contributed by atoms with E-state index < -0.39 is 5.60 Å². The van der Waals surface area contributed by atoms with Gasteiger partial charge in [-0.1, -0.05) is 0 Å². The van der Waals surface area contributed by atoms with E-state index in [0.717, 1.165) is 25.7 Å². The van der Waals surface area contributed by atoms with Gasteiger partial charge in [0.1, 0.15) is 0 Å². The van der Waals surface area contributed by atoms with Crippen molar-refractivity contribution in [3.8, 4) is 0 Å². The van der Waals surface area contributed by atoms with Crippen LogP contribution >= 0.6 is 24.8 Å². The second-order valence-electron chi connectivity index (χ2n) is 6.20. The Kier molecular flexibility index (Phi) is 9.12. The summed E-state index contributed by atoms with van der Waals surface area (Å²) in [5.41, 5.74) is 10.7. The van der Waals surface area contributed by atoms with Crippen LogP contribution < -0.4 is 11.5 Å². The number of piperidine rings is 1. The van der Waals surface area contributed by atoms with Crippen LogP contribution in [0.4, 0.5) is 0 Å². The van der Waals surface area contributed by atoms with Crippen molar-refractivity contribution in [3.05, 3.63) is 0 Å². The van der Waals surface area contributed by atoms with Gasteiger partial charge in [0, 0.05) is 25.0 Å². The fourth-order valence-corrected chi connectivity index (χ4v) is 3.29. The van der Waals surface area contributed by atoms with Gasteiger partial charge in [0.25, 0.3) is 0 Å². The topological polar surface area (TPSA) is 92.6 Å². The Morgan fingerprint density at radius 1 is 1.14 bits per heavy atom. The largest absolute Gasteiger partial charge is 0.390 e. The summed E-state index contributed by atoms with van der Waals surface area (Å²) in [5, 5.41) is 10.3. The first-order valence-electron chi connectivity index (χ1n) is 7.51. The average molecular weight is 342 g/mol. The maximum atomic E-state index is 12.4. The molecule has 5 N–H and O–H groups in total. The van der Waals surface area contributed by atoms with Crippen LogP contribution in [0.2, 0.25) is 0 Å². The molecule has 2 aliphatic rings. The van der Waals surface area contributed by atoms with Gasteiger partial charge in [-0.15, -0.1) is 24.8 Å². The molecule has 5 nitrogen and oxygen atoms in total. The van der Waals surface area contributed by atoms with Gasteiger partial charge in [-0.25, -0.2) is 0 Å². The highest BCUT2D eigenvalue weighted by Gasteiger charge is 2.35. The lowest BCUT2D eigenvalue weighted by Crippen LogP contribution is -2.49. The van der Waals surface area contributed by atoms with Gasteiger partial charge in [-0.05, 0) is 51.5 Å². The van der Waals surface area contributed by atoms with E-state index in [1.165, 1.54) is 0 Å². The number of carbonyl (C=O) groups excluding carboxylic acids is 1. The van der Waals surface area contributed by atoms with E-state index in [0.29, 0.717) is 38.9 Å². The van der Waals surface area contributed by atoms with Crippen molar-refractivity contribution in [3.63, 3.8) is 0 Å². The molecule has 0 aromatic carbocycles. The molecule has 0 spiro atoms. The Morgan fingerprint density at radius 3 is 2.14 bits per heavy atom. The zero-order chi connectivity index (χ0) is 13.9. The van der Waals surface area contributed by atoms with Gasteiger partial charge in [0.15, 0.2) is 0 Å². The van der Waals surface area contributed by atoms with Crippen LogP contribution in [0.3, 0.4) is 0 Å². The Morgan fingerprint density at radius 2 is 1.67 bits per heavy atom. The molecule has 2 rings (SSSR count). The molecule has 1 heterocycles. The van der Waals surface area contributed by atoms with E-state index in [-0.39, 0.29) is 42.7 Å². The zero-order valence-corrected chi connectivity index (χ0v) is 14.1. The molecule has 2 fully saturated rings. The molecule has 0 bridgehead atoms. The summed E-state index contributed by atoms with van der Waals surface area (Å²) in [4.78, 5) is 14.3. The highest BCUT2D eigenvalue weighted by molar-refractivity contribution is 5.85. The van der Waals surface area contributed by atoms with E-state index in [1.807, 2.05) is 4.90 Å². The molecule has 0 aromatic heterocycles. The van der Waals surface area contributed by atoms with E-state index in [4.69, 9.17) is 11.5 Å². The fourth-order valence-electron chi connectivity index (χ4n) is 3.29. The van der Waals surface area contributed by atoms with Gasteiger partial charge >= 0.3 is 0 Å². The molecule has 126 valence electrons. The van der Waals surface area contributed by atoms with Crippen molar-refractivity contribution < 1.29 is 9.90 Å². The molecule has 0 atom stereocenters. The molecular weight excluding hydrogens is 313 g/mol. The molecular formula is C14H29Cl2N3O2. The van der Waals surface area contributed by atoms with Gasteiger partial charge in [-0.2, -0.15) is 0 Å². The summed E-state index contributed by atoms with van der Waals surface area (Å²) in [7, 11) is 0. The van der Waals surface area contributed by atoms with E-state index in [1.54, 1.807) is 0 Å². The lowest BCUT2D eigenvalue weighted by atomic mass is 9.84. The third-order valence-electron chi connectivity index (χ3n) is 4.74. The molecule has 0 radical (unpaired) electrons. The molecule has 0 aromatic rings. The zero-order valence-electron chi connectivity index (χ0n) is 12.5. The molecule has 7 heteroatoms. The minimum Gasteiger partial charge on any atom is -0.390 e. The number of rotatable bonds is 3. The lowest BCUT2D eigenvalue weighted by molar-refractivity contribution is -0.141. The number of aliphatic hydroxyl groups is 1. The smallest absolute Gasteiger partial charge is 0.225 e. The maximum Gasteiger partial charge on any atom is 0.225 e. The number of nitrogens with two attached hydrogens (primary N) is 2. The lowest BCUT2D eigenvalue weighted by Gasteiger charge is -2.40. The van der Waals surface area contributed by atoms with Crippen molar-refractivity contribution in [2.75, 3.05) is 19.6 Å². The summed E-state index contributed by atoms with van der Waals surface area (Å²) in [6, 6.07) is 0.278. The summed E-state index contributed by atoms with van der Waals surface area (Å²) in [6.07, 6.45) is 5.70. The summed E-state index contributed by atoms with van der Waals surface area (Å²) < 4.78 is 0. The first-order chi connectivity index (χ1) is 9.04. The molecule has 1 saturated heterocycles. The third-order valence-corrected chi connectivity index (χ3v) is 4.74. The van der Waals surface area contributed by atoms with Crippen LogP contribution in [-0.2, 0) is 4.79 Å². The molecule has 1 aliphatic heterocycles. The predicted molar refractivity (Wildman–Crippen MR) is 88.9 cm³/mol. The summed E-state index contributed by atoms with van der Waals surface area (Å²) in [5.74, 6) is 0.419. The van der Waals surface area contributed by atoms with Crippen LogP contribution in [0, 0.1) is 5.92 Å². The maximum absolute atomic E-state index is 12.4. The average Bonchev–Trinajstić information content (AvgIpc) is 2.40. The van der Waals surface area contributed by atoms with Gasteiger partial charge in [0.05, 0.1) is 5.60 Å². The monoisotopic (exact) mass is 341 g/mol. The number of likely N-dealkylation sites (tertiary alicyclic amines) is 1. The molecule has 21 heavy (non-hydrogen) atoms. The highest BCUT2D eigenvalue weighted by atomic mass is 35.5. The normalized spacial score (nSPS) is 28.2. The van der Waals surface area contributed by atoms with Gasteiger partial charge < -0.3 is 21.5 Å². The Hall–Kier alpha value is -0.0700. The Labute approximate surface area is 139 Å². The number of hydrogen-bond donors (Lipinski definition) is 3. The number of carbonyl (C=O) groups is 1. The molecule has 1 aliphatic carbocycles. The van der Waals surface area contributed by atoms with Gasteiger partial charge in [-0.3, -0.25) is 4.79 Å². The van der Waals surface area contributed by atoms with Crippen molar-refractivity contribution in [2.45, 2.75) is 56.6 Å². The van der Waals surface area contributed by atoms with Crippen molar-refractivity contribution in [1.82, 2.24) is 4.90 Å². The van der Waals surface area contributed by atoms with Crippen LogP contribution in [0.5, 0.6) is 0 Å². The number of amides is 1. The highest BCUT2D eigenvalue weighted by Crippen LogP contribution is 2.29. The molecule has 0 unspecified atom stereocenters. The van der Waals surface area contributed by atoms with Crippen molar-refractivity contribution in [2.24, 2.45) is 17.4 Å². The second kappa shape index (κ2) is 9.16. The number of hydrogen-bond acceptors (Lipinski definition) is 4. The van der Waals surface area contributed by atoms with Gasteiger partial charge in [0.2, 0.25) is 5.91 Å². The molecule has 1 saturated carbocycles. The number of nitrogens with zero attached hydrogens (tertiary/aromatic N) is 1. The first kappa shape index (κ1) is 20.9. The second-order valence-corrected chi connectivity index (χ2v) is 6.20. The standard InChI is InChI=1S/C14H27N3O2.2ClH/c15-8-5-14(19)6-9-17(10-7-14)13(18)11-1-3-12(16)4-2-11;;/h11-12,19H,1-10,15-16H2;2*1H. The van der Waals surface area contributed by atoms with Crippen molar-refractivity contribution >= 4 is 30.7 Å². The Bertz CT molecular complexity index is 315. The van der Waals surface area contributed by atoms with E-state index >= 15 is 0 Å². The molecule has 1 amide bonds. The predicted octanol–water partition coefficient (Wildman–Crippen LogP) is 1.05. The van der Waals surface area contributed by atoms with E-state index in [9.17, 15) is 9.90 Å². The Balaban J connectivity index is 0.00000200. The summed E-state index contributed by atoms with van der Waals surface area (Å²) in [6.45, 7) is 1.83. The van der Waals surface area contributed by atoms with Crippen LogP contribution in [0.15, 0.2) is 0 Å². The minimum atomic E-state index is -0.652.